The Morgan fingerprint density at radius 3 is 2.68 bits per heavy atom. The van der Waals surface area contributed by atoms with Crippen LogP contribution in [-0.4, -0.2) is 39.5 Å². The first kappa shape index (κ1) is 23.0. The van der Waals surface area contributed by atoms with E-state index in [9.17, 15) is 14.4 Å². The first-order chi connectivity index (χ1) is 14.9. The van der Waals surface area contributed by atoms with Crippen molar-refractivity contribution in [3.63, 3.8) is 0 Å². The van der Waals surface area contributed by atoms with Gasteiger partial charge in [-0.15, -0.1) is 10.2 Å². The Bertz CT molecular complexity index is 948. The average Bonchev–Trinajstić information content (AvgIpc) is 3.36. The number of carbonyl (C=O) groups is 3. The molecule has 0 saturated heterocycles. The molecule has 1 saturated carbocycles. The molecule has 1 aliphatic carbocycles. The molecular formula is C21H25N5O3S2. The number of aromatic nitrogens is 2. The molecule has 2 amide bonds. The van der Waals surface area contributed by atoms with Gasteiger partial charge in [-0.25, -0.2) is 0 Å². The lowest BCUT2D eigenvalue weighted by Crippen LogP contribution is -2.42. The van der Waals surface area contributed by atoms with Crippen molar-refractivity contribution < 1.29 is 14.4 Å². The summed E-state index contributed by atoms with van der Waals surface area (Å²) < 4.78 is 0. The molecule has 1 fully saturated rings. The van der Waals surface area contributed by atoms with E-state index in [1.807, 2.05) is 30.3 Å². The van der Waals surface area contributed by atoms with Crippen LogP contribution in [-0.2, 0) is 20.8 Å². The number of hydrogen-bond acceptors (Lipinski definition) is 7. The van der Waals surface area contributed by atoms with Gasteiger partial charge in [0, 0.05) is 19.3 Å². The number of nitrogens with zero attached hydrogens (tertiary/aromatic N) is 2. The van der Waals surface area contributed by atoms with E-state index >= 15 is 0 Å². The summed E-state index contributed by atoms with van der Waals surface area (Å²) in [4.78, 5) is 35.5. The lowest BCUT2D eigenvalue weighted by molar-refractivity contribution is -0.120. The molecule has 0 radical (unpaired) electrons. The van der Waals surface area contributed by atoms with Crippen LogP contribution in [0, 0.1) is 5.92 Å². The third-order valence-electron chi connectivity index (χ3n) is 5.04. The maximum absolute atomic E-state index is 12.3. The monoisotopic (exact) mass is 459 g/mol. The highest BCUT2D eigenvalue weighted by Crippen LogP contribution is 2.41. The van der Waals surface area contributed by atoms with Gasteiger partial charge >= 0.3 is 0 Å². The van der Waals surface area contributed by atoms with Gasteiger partial charge in [0.25, 0.3) is 0 Å². The molecule has 2 aromatic rings. The van der Waals surface area contributed by atoms with Gasteiger partial charge in [-0.1, -0.05) is 41.7 Å². The van der Waals surface area contributed by atoms with E-state index in [4.69, 9.17) is 12.2 Å². The third-order valence-corrected chi connectivity index (χ3v) is 6.28. The van der Waals surface area contributed by atoms with Gasteiger partial charge < -0.3 is 16.0 Å². The van der Waals surface area contributed by atoms with E-state index in [0.717, 1.165) is 29.8 Å². The Labute approximate surface area is 190 Å². The summed E-state index contributed by atoms with van der Waals surface area (Å²) in [5.41, 5.74) is 0.897. The molecule has 1 aliphatic rings. The van der Waals surface area contributed by atoms with Crippen LogP contribution in [0.3, 0.4) is 0 Å². The van der Waals surface area contributed by atoms with Gasteiger partial charge in [0.15, 0.2) is 10.9 Å². The van der Waals surface area contributed by atoms with Gasteiger partial charge in [-0.05, 0) is 43.0 Å². The van der Waals surface area contributed by atoms with Gasteiger partial charge in [0.2, 0.25) is 16.9 Å². The minimum atomic E-state index is -0.217. The summed E-state index contributed by atoms with van der Waals surface area (Å²) in [7, 11) is 0. The van der Waals surface area contributed by atoms with Gasteiger partial charge in [0.1, 0.15) is 5.01 Å². The summed E-state index contributed by atoms with van der Waals surface area (Å²) in [6.07, 6.45) is 3.47. The number of benzene rings is 1. The number of hydrogen-bond donors (Lipinski definition) is 3. The topological polar surface area (TPSA) is 113 Å². The predicted octanol–water partition coefficient (Wildman–Crippen LogP) is 2.57. The second-order valence-electron chi connectivity index (χ2n) is 7.64. The first-order valence-corrected chi connectivity index (χ1v) is 11.4. The van der Waals surface area contributed by atoms with Crippen LogP contribution in [0.4, 0.5) is 5.13 Å². The molecule has 164 valence electrons. The largest absolute Gasteiger partial charge is 0.355 e. The summed E-state index contributed by atoms with van der Waals surface area (Å²) in [6.45, 7) is 1.53. The standard InChI is InChI=1S/C21H25N5O3S2/c1-13(27)23-21-26-25-19(31-21)16-8-7-15(9-16)10-17(28)12-22-20(30)24-18(29)11-14-5-3-2-4-6-14/h2-6,15-16H,7-12H2,1H3,(H,23,26,27)(H2,22,24,29,30)/t15-,16?/m1/s1. The van der Waals surface area contributed by atoms with Crippen LogP contribution >= 0.6 is 23.6 Å². The number of nitrogens with one attached hydrogen (secondary N) is 3. The molecule has 2 atom stereocenters. The molecular weight excluding hydrogens is 434 g/mol. The zero-order valence-electron chi connectivity index (χ0n) is 17.2. The second-order valence-corrected chi connectivity index (χ2v) is 9.06. The second kappa shape index (κ2) is 11.1. The zero-order chi connectivity index (χ0) is 22.2. The van der Waals surface area contributed by atoms with Gasteiger partial charge in [-0.3, -0.25) is 14.4 Å². The minimum absolute atomic E-state index is 0.0570. The highest BCUT2D eigenvalue weighted by Gasteiger charge is 2.30. The Morgan fingerprint density at radius 1 is 1.16 bits per heavy atom. The lowest BCUT2D eigenvalue weighted by Gasteiger charge is -2.11. The number of anilines is 1. The maximum atomic E-state index is 12.3. The van der Waals surface area contributed by atoms with Gasteiger partial charge in [0.05, 0.1) is 13.0 Å². The summed E-state index contributed by atoms with van der Waals surface area (Å²) in [5.74, 6) is 0.226. The molecule has 0 bridgehead atoms. The quantitative estimate of drug-likeness (QED) is 0.520. The fraction of sp³-hybridized carbons (Fsp3) is 0.429. The van der Waals surface area contributed by atoms with Crippen molar-refractivity contribution in [1.82, 2.24) is 20.8 Å². The average molecular weight is 460 g/mol. The Kier molecular flexibility index (Phi) is 8.19. The number of Topliss-reactive ketones (excluding diaryl/α,β-unsaturated/α-hetero) is 1. The first-order valence-electron chi connectivity index (χ1n) is 10.1. The third kappa shape index (κ3) is 7.48. The molecule has 1 heterocycles. The van der Waals surface area contributed by atoms with E-state index in [0.29, 0.717) is 11.6 Å². The summed E-state index contributed by atoms with van der Waals surface area (Å²) >= 11 is 6.51. The molecule has 0 aliphatic heterocycles. The minimum Gasteiger partial charge on any atom is -0.355 e. The van der Waals surface area contributed by atoms with Crippen molar-refractivity contribution in [1.29, 1.82) is 0 Å². The van der Waals surface area contributed by atoms with Crippen LogP contribution in [0.25, 0.3) is 0 Å². The molecule has 8 nitrogen and oxygen atoms in total. The maximum Gasteiger partial charge on any atom is 0.230 e. The number of rotatable bonds is 8. The molecule has 3 N–H and O–H groups in total. The highest BCUT2D eigenvalue weighted by atomic mass is 32.1. The van der Waals surface area contributed by atoms with Crippen LogP contribution in [0.2, 0.25) is 0 Å². The van der Waals surface area contributed by atoms with Crippen LogP contribution < -0.4 is 16.0 Å². The van der Waals surface area contributed by atoms with Crippen molar-refractivity contribution in [3.8, 4) is 0 Å². The van der Waals surface area contributed by atoms with Crippen molar-refractivity contribution >= 4 is 51.4 Å². The molecule has 0 spiro atoms. The van der Waals surface area contributed by atoms with Crippen molar-refractivity contribution in [2.24, 2.45) is 5.92 Å². The molecule has 1 aromatic carbocycles. The molecule has 1 aromatic heterocycles. The van der Waals surface area contributed by atoms with E-state index in [2.05, 4.69) is 26.1 Å². The summed E-state index contributed by atoms with van der Waals surface area (Å²) in [6, 6.07) is 9.38. The zero-order valence-corrected chi connectivity index (χ0v) is 18.9. The molecule has 31 heavy (non-hydrogen) atoms. The number of amides is 2. The molecule has 10 heteroatoms. The number of thiocarbonyl (C=S) groups is 1. The van der Waals surface area contributed by atoms with Crippen molar-refractivity contribution in [2.45, 2.75) is 44.9 Å². The molecule has 3 rings (SSSR count). The van der Waals surface area contributed by atoms with Crippen LogP contribution in [0.1, 0.15) is 49.1 Å². The fourth-order valence-electron chi connectivity index (χ4n) is 3.65. The van der Waals surface area contributed by atoms with Crippen LogP contribution in [0.5, 0.6) is 0 Å². The van der Waals surface area contributed by atoms with E-state index in [1.54, 1.807) is 0 Å². The number of ketones is 1. The van der Waals surface area contributed by atoms with Gasteiger partial charge in [-0.2, -0.15) is 0 Å². The van der Waals surface area contributed by atoms with Crippen molar-refractivity contribution in [3.05, 3.63) is 40.9 Å². The van der Waals surface area contributed by atoms with E-state index < -0.39 is 0 Å². The molecule has 1 unspecified atom stereocenters. The summed E-state index contributed by atoms with van der Waals surface area (Å²) in [5, 5.41) is 17.8. The Hall–Kier alpha value is -2.72. The number of carbonyl (C=O) groups excluding carboxylic acids is 3. The Morgan fingerprint density at radius 2 is 1.94 bits per heavy atom. The smallest absolute Gasteiger partial charge is 0.230 e. The fourth-order valence-corrected chi connectivity index (χ4v) is 4.78. The Balaban J connectivity index is 1.36. The van der Waals surface area contributed by atoms with Crippen molar-refractivity contribution in [2.75, 3.05) is 11.9 Å². The van der Waals surface area contributed by atoms with E-state index in [-0.39, 0.29) is 47.5 Å². The van der Waals surface area contributed by atoms with Crippen LogP contribution in [0.15, 0.2) is 30.3 Å². The highest BCUT2D eigenvalue weighted by molar-refractivity contribution is 7.80. The lowest BCUT2D eigenvalue weighted by atomic mass is 9.99. The SMILES string of the molecule is CC(=O)Nc1nnc(C2CC[C@@H](CC(=O)CNC(=S)NC(=O)Cc3ccccc3)C2)s1. The predicted molar refractivity (Wildman–Crippen MR) is 123 cm³/mol. The van der Waals surface area contributed by atoms with E-state index in [1.165, 1.54) is 18.3 Å². The normalized spacial score (nSPS) is 17.7.